The highest BCUT2D eigenvalue weighted by Crippen LogP contribution is 2.37. The third-order valence-electron chi connectivity index (χ3n) is 5.76. The lowest BCUT2D eigenvalue weighted by atomic mass is 9.86. The van der Waals surface area contributed by atoms with E-state index in [2.05, 4.69) is 5.32 Å². The van der Waals surface area contributed by atoms with E-state index in [9.17, 15) is 24.0 Å². The summed E-state index contributed by atoms with van der Waals surface area (Å²) in [5.41, 5.74) is 0.138. The molecule has 0 unspecified atom stereocenters. The van der Waals surface area contributed by atoms with Crippen LogP contribution in [0, 0.1) is 0 Å². The first-order valence-electron chi connectivity index (χ1n) is 11.5. The van der Waals surface area contributed by atoms with E-state index in [-0.39, 0.29) is 72.5 Å². The van der Waals surface area contributed by atoms with E-state index in [1.807, 2.05) is 0 Å². The second kappa shape index (κ2) is 9.67. The van der Waals surface area contributed by atoms with Gasteiger partial charge < -0.3 is 19.9 Å². The molecule has 11 heteroatoms. The van der Waals surface area contributed by atoms with E-state index in [1.165, 1.54) is 24.3 Å². The summed E-state index contributed by atoms with van der Waals surface area (Å²) in [6.45, 7) is 5.05. The van der Waals surface area contributed by atoms with Crippen molar-refractivity contribution in [3.05, 3.63) is 46.5 Å². The lowest BCUT2D eigenvalue weighted by Gasteiger charge is -2.32. The predicted molar refractivity (Wildman–Crippen MR) is 127 cm³/mol. The van der Waals surface area contributed by atoms with Gasteiger partial charge in [-0.3, -0.25) is 29.0 Å². The number of imide groups is 2. The first kappa shape index (κ1) is 25.3. The van der Waals surface area contributed by atoms with Crippen molar-refractivity contribution in [1.82, 2.24) is 15.1 Å². The summed E-state index contributed by atoms with van der Waals surface area (Å²) in [6, 6.07) is 5.91. The number of hydrogen-bond acceptors (Lipinski definition) is 8. The van der Waals surface area contributed by atoms with E-state index in [0.717, 1.165) is 9.80 Å². The summed E-state index contributed by atoms with van der Waals surface area (Å²) in [4.78, 5) is 66.6. The zero-order valence-corrected chi connectivity index (χ0v) is 20.3. The van der Waals surface area contributed by atoms with Gasteiger partial charge in [0.25, 0.3) is 23.6 Å². The normalized spacial score (nSPS) is 15.1. The molecule has 0 aliphatic carbocycles. The molecule has 2 N–H and O–H groups in total. The molecule has 0 aromatic heterocycles. The second-order valence-corrected chi connectivity index (χ2v) is 9.36. The van der Waals surface area contributed by atoms with Gasteiger partial charge in [-0.1, -0.05) is 0 Å². The summed E-state index contributed by atoms with van der Waals surface area (Å²) in [5.74, 6) is -2.26. The Bertz CT molecular complexity index is 1210. The lowest BCUT2D eigenvalue weighted by molar-refractivity contribution is 0.0475. The number of aliphatic hydroxyl groups excluding tert-OH is 1. The Kier molecular flexibility index (Phi) is 6.79. The number of nitrogens with zero attached hydrogens (tertiary/aromatic N) is 2. The van der Waals surface area contributed by atoms with Gasteiger partial charge in [-0.25, -0.2) is 4.79 Å². The molecule has 0 atom stereocenters. The van der Waals surface area contributed by atoms with E-state index in [4.69, 9.17) is 14.6 Å². The van der Waals surface area contributed by atoms with Gasteiger partial charge in [-0.05, 0) is 45.0 Å². The van der Waals surface area contributed by atoms with Crippen molar-refractivity contribution >= 4 is 40.5 Å². The Morgan fingerprint density at radius 2 is 1.25 bits per heavy atom. The lowest BCUT2D eigenvalue weighted by Crippen LogP contribution is -2.46. The average Bonchev–Trinajstić information content (AvgIpc) is 2.81. The zero-order chi connectivity index (χ0) is 26.2. The minimum atomic E-state index is -0.688. The van der Waals surface area contributed by atoms with Crippen molar-refractivity contribution in [2.45, 2.75) is 26.4 Å². The summed E-state index contributed by atoms with van der Waals surface area (Å²) in [7, 11) is 0. The molecular weight excluding hydrogens is 470 g/mol. The largest absolute Gasteiger partial charge is 0.444 e. The van der Waals surface area contributed by atoms with Crippen LogP contribution in [0.4, 0.5) is 4.79 Å². The van der Waals surface area contributed by atoms with Crippen LogP contribution in [-0.2, 0) is 9.47 Å². The number of hydrogen-bond donors (Lipinski definition) is 2. The number of carbonyl (C=O) groups is 5. The molecule has 0 bridgehead atoms. The number of alkyl carbamates (subject to hydrolysis) is 1. The van der Waals surface area contributed by atoms with Crippen LogP contribution < -0.4 is 5.32 Å². The number of amides is 5. The number of nitrogens with one attached hydrogen (secondary N) is 1. The molecule has 2 aliphatic heterocycles. The van der Waals surface area contributed by atoms with Crippen molar-refractivity contribution in [3.63, 3.8) is 0 Å². The maximum absolute atomic E-state index is 13.2. The minimum absolute atomic E-state index is 0.00160. The smallest absolute Gasteiger partial charge is 0.407 e. The maximum Gasteiger partial charge on any atom is 0.407 e. The Morgan fingerprint density at radius 3 is 1.67 bits per heavy atom. The van der Waals surface area contributed by atoms with Crippen LogP contribution in [0.25, 0.3) is 10.8 Å². The van der Waals surface area contributed by atoms with Gasteiger partial charge in [-0.2, -0.15) is 0 Å². The van der Waals surface area contributed by atoms with E-state index < -0.39 is 35.3 Å². The standard InChI is InChI=1S/C25H27N3O8/c1-25(2,3)36-24(34)26-8-9-27-20(30)14-4-6-16-19-17(7-5-15(18(14)19)21(27)31)23(33)28(22(16)32)10-12-35-13-11-29/h4-7,29H,8-13H2,1-3H3,(H,26,34). The summed E-state index contributed by atoms with van der Waals surface area (Å²) >= 11 is 0. The quantitative estimate of drug-likeness (QED) is 0.413. The number of aliphatic hydroxyl groups is 1. The van der Waals surface area contributed by atoms with Crippen molar-refractivity contribution in [2.75, 3.05) is 39.5 Å². The van der Waals surface area contributed by atoms with E-state index in [1.54, 1.807) is 20.8 Å². The Balaban J connectivity index is 1.60. The van der Waals surface area contributed by atoms with Gasteiger partial charge >= 0.3 is 6.09 Å². The summed E-state index contributed by atoms with van der Waals surface area (Å²) < 4.78 is 10.4. The molecule has 11 nitrogen and oxygen atoms in total. The van der Waals surface area contributed by atoms with Gasteiger partial charge in [0.05, 0.1) is 26.4 Å². The van der Waals surface area contributed by atoms with E-state index in [0.29, 0.717) is 0 Å². The molecule has 0 fully saturated rings. The fraction of sp³-hybridized carbons (Fsp3) is 0.400. The van der Waals surface area contributed by atoms with Crippen LogP contribution >= 0.6 is 0 Å². The van der Waals surface area contributed by atoms with Crippen molar-refractivity contribution in [2.24, 2.45) is 0 Å². The number of ether oxygens (including phenoxy) is 2. The third kappa shape index (κ3) is 4.54. The molecule has 4 rings (SSSR count). The number of rotatable bonds is 8. The number of benzene rings is 2. The Hall–Kier alpha value is -3.83. The topological polar surface area (TPSA) is 143 Å². The van der Waals surface area contributed by atoms with Gasteiger partial charge in [0.1, 0.15) is 5.60 Å². The van der Waals surface area contributed by atoms with Gasteiger partial charge in [0.2, 0.25) is 0 Å². The zero-order valence-electron chi connectivity index (χ0n) is 20.3. The van der Waals surface area contributed by atoms with Gasteiger partial charge in [0.15, 0.2) is 0 Å². The van der Waals surface area contributed by atoms with Crippen LogP contribution in [0.15, 0.2) is 24.3 Å². The first-order valence-corrected chi connectivity index (χ1v) is 11.5. The molecule has 0 saturated heterocycles. The predicted octanol–water partition coefficient (Wildman–Crippen LogP) is 1.57. The van der Waals surface area contributed by atoms with E-state index >= 15 is 0 Å². The van der Waals surface area contributed by atoms with Crippen molar-refractivity contribution < 1.29 is 38.6 Å². The molecule has 2 aromatic carbocycles. The maximum atomic E-state index is 13.2. The van der Waals surface area contributed by atoms with Gasteiger partial charge in [0, 0.05) is 46.1 Å². The third-order valence-corrected chi connectivity index (χ3v) is 5.76. The monoisotopic (exact) mass is 497 g/mol. The SMILES string of the molecule is CC(C)(C)OC(=O)NCCN1C(=O)c2ccc3c4c(ccc(c24)C1=O)C(=O)N(CCOCCO)C3=O. The van der Waals surface area contributed by atoms with Crippen molar-refractivity contribution in [3.8, 4) is 0 Å². The minimum Gasteiger partial charge on any atom is -0.444 e. The Morgan fingerprint density at radius 1 is 0.806 bits per heavy atom. The fourth-order valence-electron chi connectivity index (χ4n) is 4.29. The summed E-state index contributed by atoms with van der Waals surface area (Å²) in [5, 5.41) is 11.9. The molecule has 0 saturated carbocycles. The van der Waals surface area contributed by atoms with Crippen molar-refractivity contribution in [1.29, 1.82) is 0 Å². The molecule has 5 amide bonds. The highest BCUT2D eigenvalue weighted by atomic mass is 16.6. The van der Waals surface area contributed by atoms with Crippen LogP contribution in [0.5, 0.6) is 0 Å². The van der Waals surface area contributed by atoms with Crippen LogP contribution in [-0.4, -0.2) is 89.7 Å². The molecule has 190 valence electrons. The molecule has 2 aliphatic rings. The molecule has 0 spiro atoms. The average molecular weight is 498 g/mol. The highest BCUT2D eigenvalue weighted by Gasteiger charge is 2.39. The van der Waals surface area contributed by atoms with Crippen LogP contribution in [0.3, 0.4) is 0 Å². The highest BCUT2D eigenvalue weighted by molar-refractivity contribution is 6.33. The molecule has 0 radical (unpaired) electrons. The Labute approximate surface area is 206 Å². The first-order chi connectivity index (χ1) is 17.0. The second-order valence-electron chi connectivity index (χ2n) is 9.36. The molecule has 2 aromatic rings. The fourth-order valence-corrected chi connectivity index (χ4v) is 4.29. The molecular formula is C25H27N3O8. The summed E-state index contributed by atoms with van der Waals surface area (Å²) in [6.07, 6.45) is -0.665. The molecule has 2 heterocycles. The number of carbonyl (C=O) groups excluding carboxylic acids is 5. The van der Waals surface area contributed by atoms with Gasteiger partial charge in [-0.15, -0.1) is 0 Å². The van der Waals surface area contributed by atoms with Crippen LogP contribution in [0.1, 0.15) is 62.2 Å². The molecule has 36 heavy (non-hydrogen) atoms. The van der Waals surface area contributed by atoms with Crippen LogP contribution in [0.2, 0.25) is 0 Å².